The normalized spacial score (nSPS) is 12.7. The van der Waals surface area contributed by atoms with Crippen LogP contribution in [-0.2, 0) is 4.74 Å². The van der Waals surface area contributed by atoms with Crippen molar-refractivity contribution in [3.8, 4) is 5.88 Å². The zero-order chi connectivity index (χ0) is 27.7. The summed E-state index contributed by atoms with van der Waals surface area (Å²) >= 11 is 6.15. The molecule has 4 N–H and O–H groups in total. The van der Waals surface area contributed by atoms with Gasteiger partial charge in [0.05, 0.1) is 17.4 Å². The molecule has 198 valence electrons. The molecule has 39 heavy (non-hydrogen) atoms. The molecule has 0 fully saturated rings. The number of anilines is 2. The molecule has 0 saturated carbocycles. The van der Waals surface area contributed by atoms with Gasteiger partial charge in [-0.15, -0.1) is 0 Å². The van der Waals surface area contributed by atoms with Gasteiger partial charge >= 0.3 is 11.7 Å². The van der Waals surface area contributed by atoms with E-state index in [1.807, 2.05) is 6.07 Å². The third-order valence-electron chi connectivity index (χ3n) is 5.34. The maximum atomic E-state index is 12.6. The number of aromatic amines is 2. The van der Waals surface area contributed by atoms with E-state index >= 15 is 0 Å². The number of carbonyl (C=O) groups excluding carboxylic acids is 1. The summed E-state index contributed by atoms with van der Waals surface area (Å²) in [4.78, 5) is 38.4. The largest absolute Gasteiger partial charge is 0.493 e. The number of halogens is 1. The molecule has 0 aliphatic carbocycles. The SMILES string of the molecule is CC(C)(C)OC(=O)c1cccc(N=c2cc(Nc3cccc(Cl)c3)nc3c(=Cc4[nH]c(=O)[nH]c4O)cnn23)c1. The second-order valence-electron chi connectivity index (χ2n) is 9.62. The molecule has 11 nitrogen and oxygen atoms in total. The number of imidazole rings is 1. The highest BCUT2D eigenvalue weighted by atomic mass is 35.5. The summed E-state index contributed by atoms with van der Waals surface area (Å²) in [5.41, 5.74) is 1.34. The van der Waals surface area contributed by atoms with Crippen LogP contribution in [-0.4, -0.2) is 41.2 Å². The average molecular weight is 546 g/mol. The first-order chi connectivity index (χ1) is 18.5. The van der Waals surface area contributed by atoms with E-state index in [9.17, 15) is 14.7 Å². The molecule has 0 atom stereocenters. The number of H-pyrrole nitrogens is 2. The van der Waals surface area contributed by atoms with Crippen molar-refractivity contribution in [2.45, 2.75) is 26.4 Å². The van der Waals surface area contributed by atoms with E-state index in [0.717, 1.165) is 0 Å². The predicted molar refractivity (Wildman–Crippen MR) is 146 cm³/mol. The van der Waals surface area contributed by atoms with E-state index in [-0.39, 0.29) is 11.6 Å². The minimum atomic E-state index is -0.636. The fraction of sp³-hybridized carbons (Fsp3) is 0.148. The Morgan fingerprint density at radius 3 is 2.67 bits per heavy atom. The average Bonchev–Trinajstić information content (AvgIpc) is 3.40. The van der Waals surface area contributed by atoms with E-state index in [1.54, 1.807) is 75.4 Å². The number of carbonyl (C=O) groups is 1. The van der Waals surface area contributed by atoms with E-state index in [4.69, 9.17) is 21.3 Å². The van der Waals surface area contributed by atoms with Gasteiger partial charge in [0.1, 0.15) is 17.1 Å². The first-order valence-corrected chi connectivity index (χ1v) is 12.2. The van der Waals surface area contributed by atoms with Gasteiger partial charge in [0, 0.05) is 22.0 Å². The van der Waals surface area contributed by atoms with E-state index < -0.39 is 17.3 Å². The lowest BCUT2D eigenvalue weighted by atomic mass is 10.1. The summed E-state index contributed by atoms with van der Waals surface area (Å²) < 4.78 is 7.00. The van der Waals surface area contributed by atoms with E-state index in [2.05, 4.69) is 25.4 Å². The van der Waals surface area contributed by atoms with Crippen molar-refractivity contribution in [3.63, 3.8) is 0 Å². The summed E-state index contributed by atoms with van der Waals surface area (Å²) in [6.45, 7) is 5.41. The standard InChI is InChI=1S/C27H24ClN7O4/c1-27(2,3)39-25(37)15-6-4-8-18(10-15)31-22-13-21(30-19-9-5-7-17(28)12-19)33-23-16(14-29-35(22)23)11-20-24(36)34-26(38)32-20/h4-14,30,36H,1-3H3,(H2,32,34,38). The van der Waals surface area contributed by atoms with Crippen LogP contribution in [0.25, 0.3) is 11.7 Å². The van der Waals surface area contributed by atoms with Crippen LogP contribution >= 0.6 is 11.6 Å². The first-order valence-electron chi connectivity index (χ1n) is 11.9. The number of fused-ring (bicyclic) bond motifs is 1. The Hall–Kier alpha value is -4.90. The number of rotatable bonds is 5. The van der Waals surface area contributed by atoms with Crippen molar-refractivity contribution in [2.24, 2.45) is 4.99 Å². The second kappa shape index (κ2) is 10.1. The maximum absolute atomic E-state index is 12.6. The summed E-state index contributed by atoms with van der Waals surface area (Å²) in [5, 5.41) is 18.7. The molecule has 0 aliphatic rings. The number of nitrogens with zero attached hydrogens (tertiary/aromatic N) is 4. The van der Waals surface area contributed by atoms with Gasteiger partial charge in [0.2, 0.25) is 5.88 Å². The number of nitrogens with one attached hydrogen (secondary N) is 3. The summed E-state index contributed by atoms with van der Waals surface area (Å²) in [6, 6.07) is 15.6. The minimum Gasteiger partial charge on any atom is -0.493 e. The lowest BCUT2D eigenvalue weighted by Gasteiger charge is -2.19. The Morgan fingerprint density at radius 1 is 1.15 bits per heavy atom. The number of ether oxygens (including phenoxy) is 1. The van der Waals surface area contributed by atoms with E-state index in [0.29, 0.717) is 44.1 Å². The van der Waals surface area contributed by atoms with Gasteiger partial charge in [-0.3, -0.25) is 4.98 Å². The van der Waals surface area contributed by atoms with Crippen molar-refractivity contribution >= 4 is 46.5 Å². The number of benzene rings is 2. The quantitative estimate of drug-likeness (QED) is 0.246. The number of aromatic nitrogens is 5. The van der Waals surface area contributed by atoms with Gasteiger partial charge in [-0.25, -0.2) is 19.6 Å². The molecule has 2 aromatic carbocycles. The smallest absolute Gasteiger partial charge is 0.338 e. The minimum absolute atomic E-state index is 0.174. The molecule has 0 bridgehead atoms. The fourth-order valence-electron chi connectivity index (χ4n) is 3.74. The van der Waals surface area contributed by atoms with Gasteiger partial charge in [0.25, 0.3) is 0 Å². The van der Waals surface area contributed by atoms with Crippen LogP contribution in [0.5, 0.6) is 5.88 Å². The fourth-order valence-corrected chi connectivity index (χ4v) is 3.93. The first kappa shape index (κ1) is 25.7. The van der Waals surface area contributed by atoms with E-state index in [1.165, 1.54) is 10.7 Å². The van der Waals surface area contributed by atoms with Crippen LogP contribution in [0.15, 0.2) is 70.6 Å². The Kier molecular flexibility index (Phi) is 6.67. The predicted octanol–water partition coefficient (Wildman–Crippen LogP) is 3.58. The zero-order valence-electron chi connectivity index (χ0n) is 21.2. The van der Waals surface area contributed by atoms with Gasteiger partial charge < -0.3 is 20.1 Å². The molecule has 0 spiro atoms. The Balaban J connectivity index is 1.66. The van der Waals surface area contributed by atoms with Crippen LogP contribution in [0.3, 0.4) is 0 Å². The topological polar surface area (TPSA) is 150 Å². The third kappa shape index (κ3) is 5.99. The van der Waals surface area contributed by atoms with Crippen molar-refractivity contribution in [1.29, 1.82) is 0 Å². The number of aromatic hydroxyl groups is 1. The van der Waals surface area contributed by atoms with Crippen molar-refractivity contribution < 1.29 is 14.6 Å². The molecule has 0 radical (unpaired) electrons. The molecular formula is C27H24ClN7O4. The van der Waals surface area contributed by atoms with Gasteiger partial charge in [-0.2, -0.15) is 9.61 Å². The van der Waals surface area contributed by atoms with Gasteiger partial charge in [0.15, 0.2) is 11.1 Å². The zero-order valence-corrected chi connectivity index (χ0v) is 21.9. The molecule has 3 aromatic heterocycles. The van der Waals surface area contributed by atoms with Crippen LogP contribution < -0.4 is 21.7 Å². The number of hydrogen-bond acceptors (Lipinski definition) is 8. The molecule has 0 unspecified atom stereocenters. The summed E-state index contributed by atoms with van der Waals surface area (Å²) in [7, 11) is 0. The van der Waals surface area contributed by atoms with Gasteiger partial charge in [-0.05, 0) is 63.2 Å². The lowest BCUT2D eigenvalue weighted by molar-refractivity contribution is 0.00695. The summed E-state index contributed by atoms with van der Waals surface area (Å²) in [6.07, 6.45) is 3.07. The van der Waals surface area contributed by atoms with Crippen LogP contribution in [0.4, 0.5) is 17.2 Å². The Bertz CT molecular complexity index is 1880. The van der Waals surface area contributed by atoms with Crippen LogP contribution in [0.2, 0.25) is 5.02 Å². The van der Waals surface area contributed by atoms with Crippen molar-refractivity contribution in [1.82, 2.24) is 24.6 Å². The lowest BCUT2D eigenvalue weighted by Crippen LogP contribution is -2.23. The summed E-state index contributed by atoms with van der Waals surface area (Å²) in [5.74, 6) is -0.329. The highest BCUT2D eigenvalue weighted by Crippen LogP contribution is 2.20. The van der Waals surface area contributed by atoms with Crippen molar-refractivity contribution in [3.05, 3.63) is 98.3 Å². The Labute approximate surface area is 226 Å². The van der Waals surface area contributed by atoms with Crippen molar-refractivity contribution in [2.75, 3.05) is 5.32 Å². The Morgan fingerprint density at radius 2 is 1.95 bits per heavy atom. The second-order valence-corrected chi connectivity index (χ2v) is 10.1. The molecule has 5 aromatic rings. The van der Waals surface area contributed by atoms with Gasteiger partial charge in [-0.1, -0.05) is 23.7 Å². The molecule has 0 saturated heterocycles. The highest BCUT2D eigenvalue weighted by molar-refractivity contribution is 6.30. The molecule has 5 rings (SSSR count). The third-order valence-corrected chi connectivity index (χ3v) is 5.57. The molecule has 0 amide bonds. The molecule has 0 aliphatic heterocycles. The maximum Gasteiger partial charge on any atom is 0.338 e. The molecule has 3 heterocycles. The van der Waals surface area contributed by atoms with Crippen LogP contribution in [0.1, 0.15) is 36.8 Å². The number of esters is 1. The number of hydrogen-bond donors (Lipinski definition) is 4. The molecular weight excluding hydrogens is 522 g/mol. The molecule has 12 heteroatoms. The monoisotopic (exact) mass is 545 g/mol. The van der Waals surface area contributed by atoms with Crippen LogP contribution in [0, 0.1) is 0 Å². The highest BCUT2D eigenvalue weighted by Gasteiger charge is 2.18.